The Morgan fingerprint density at radius 2 is 1.84 bits per heavy atom. The molecule has 2 amide bonds. The fraction of sp³-hybridized carbons (Fsp3) is 0.278. The van der Waals surface area contributed by atoms with Crippen molar-refractivity contribution in [1.82, 2.24) is 9.88 Å². The monoisotopic (exact) mass is 358 g/mol. The number of carbonyl (C=O) groups excluding carboxylic acids is 2. The third-order valence-corrected chi connectivity index (χ3v) is 4.62. The summed E-state index contributed by atoms with van der Waals surface area (Å²) < 4.78 is 0. The van der Waals surface area contributed by atoms with E-state index in [-0.39, 0.29) is 5.91 Å². The Morgan fingerprint density at radius 3 is 2.60 bits per heavy atom. The van der Waals surface area contributed by atoms with Crippen LogP contribution in [0.1, 0.15) is 27.1 Å². The highest BCUT2D eigenvalue weighted by molar-refractivity contribution is 6.33. The van der Waals surface area contributed by atoms with E-state index in [0.29, 0.717) is 35.8 Å². The molecule has 2 N–H and O–H groups in total. The van der Waals surface area contributed by atoms with Gasteiger partial charge in [0.15, 0.2) is 0 Å². The molecule has 0 radical (unpaired) electrons. The first-order chi connectivity index (χ1) is 12.1. The summed E-state index contributed by atoms with van der Waals surface area (Å²) in [6, 6.07) is 8.85. The third kappa shape index (κ3) is 3.74. The van der Waals surface area contributed by atoms with E-state index in [1.807, 2.05) is 0 Å². The fourth-order valence-corrected chi connectivity index (χ4v) is 3.24. The Balaban J connectivity index is 1.76. The molecule has 1 aromatic heterocycles. The first kappa shape index (κ1) is 17.2. The molecule has 130 valence electrons. The van der Waals surface area contributed by atoms with Crippen LogP contribution in [-0.2, 0) is 0 Å². The highest BCUT2D eigenvalue weighted by atomic mass is 35.5. The summed E-state index contributed by atoms with van der Waals surface area (Å²) >= 11 is 6.14. The molecule has 25 heavy (non-hydrogen) atoms. The van der Waals surface area contributed by atoms with Gasteiger partial charge in [-0.15, -0.1) is 0 Å². The molecule has 0 bridgehead atoms. The molecule has 1 aliphatic rings. The smallest absolute Gasteiger partial charge is 0.255 e. The van der Waals surface area contributed by atoms with E-state index in [2.05, 4.69) is 9.88 Å². The second-order valence-corrected chi connectivity index (χ2v) is 6.28. The summed E-state index contributed by atoms with van der Waals surface area (Å²) in [5.41, 5.74) is 7.11. The number of nitrogens with zero attached hydrogens (tertiary/aromatic N) is 3. The van der Waals surface area contributed by atoms with Crippen LogP contribution in [0.2, 0.25) is 5.02 Å². The van der Waals surface area contributed by atoms with Crippen molar-refractivity contribution in [3.05, 3.63) is 58.9 Å². The zero-order chi connectivity index (χ0) is 17.8. The molecular formula is C18H19ClN4O2. The lowest BCUT2D eigenvalue weighted by Crippen LogP contribution is -2.35. The van der Waals surface area contributed by atoms with Gasteiger partial charge in [-0.05, 0) is 24.6 Å². The number of aromatic nitrogens is 1. The Hall–Kier alpha value is -2.60. The molecule has 7 heteroatoms. The van der Waals surface area contributed by atoms with Gasteiger partial charge in [0, 0.05) is 38.6 Å². The molecule has 0 spiro atoms. The fourth-order valence-electron chi connectivity index (χ4n) is 3.02. The molecule has 0 saturated carbocycles. The molecule has 3 rings (SSSR count). The average Bonchev–Trinajstić information content (AvgIpc) is 2.87. The molecule has 1 aliphatic heterocycles. The Morgan fingerprint density at radius 1 is 1.04 bits per heavy atom. The van der Waals surface area contributed by atoms with Crippen LogP contribution in [0, 0.1) is 0 Å². The summed E-state index contributed by atoms with van der Waals surface area (Å²) in [7, 11) is 0. The number of primary amides is 1. The zero-order valence-electron chi connectivity index (χ0n) is 13.7. The first-order valence-corrected chi connectivity index (χ1v) is 8.48. The summed E-state index contributed by atoms with van der Waals surface area (Å²) in [5.74, 6) is -0.575. The van der Waals surface area contributed by atoms with Gasteiger partial charge >= 0.3 is 0 Å². The van der Waals surface area contributed by atoms with Gasteiger partial charge < -0.3 is 15.5 Å². The molecule has 0 aliphatic carbocycles. The molecule has 1 aromatic carbocycles. The van der Waals surface area contributed by atoms with Crippen LogP contribution >= 0.6 is 11.6 Å². The summed E-state index contributed by atoms with van der Waals surface area (Å²) in [5, 5.41) is 0.457. The standard InChI is InChI=1S/C18H19ClN4O2/c19-15-5-2-1-4-13(15)18(25)23-9-3-8-22(10-11-23)16-6-7-21-12-14(16)17(20)24/h1-2,4-7,12H,3,8-11H2,(H2,20,24). The minimum atomic E-state index is -0.503. The lowest BCUT2D eigenvalue weighted by molar-refractivity contribution is 0.0767. The lowest BCUT2D eigenvalue weighted by atomic mass is 10.2. The van der Waals surface area contributed by atoms with Crippen LogP contribution in [0.4, 0.5) is 5.69 Å². The molecule has 1 fully saturated rings. The maximum absolute atomic E-state index is 12.7. The van der Waals surface area contributed by atoms with Crippen LogP contribution in [0.5, 0.6) is 0 Å². The zero-order valence-corrected chi connectivity index (χ0v) is 14.4. The summed E-state index contributed by atoms with van der Waals surface area (Å²) in [6.07, 6.45) is 3.91. The molecule has 1 saturated heterocycles. The van der Waals surface area contributed by atoms with E-state index >= 15 is 0 Å². The maximum Gasteiger partial charge on any atom is 0.255 e. The van der Waals surface area contributed by atoms with Crippen molar-refractivity contribution >= 4 is 29.1 Å². The molecule has 2 aromatic rings. The second-order valence-electron chi connectivity index (χ2n) is 5.87. The van der Waals surface area contributed by atoms with E-state index < -0.39 is 5.91 Å². The molecular weight excluding hydrogens is 340 g/mol. The highest BCUT2D eigenvalue weighted by Gasteiger charge is 2.23. The van der Waals surface area contributed by atoms with Crippen LogP contribution < -0.4 is 10.6 Å². The van der Waals surface area contributed by atoms with E-state index in [1.165, 1.54) is 6.20 Å². The van der Waals surface area contributed by atoms with Gasteiger partial charge in [0.25, 0.3) is 11.8 Å². The van der Waals surface area contributed by atoms with Crippen LogP contribution in [0.3, 0.4) is 0 Å². The number of hydrogen-bond acceptors (Lipinski definition) is 4. The minimum Gasteiger partial charge on any atom is -0.369 e. The van der Waals surface area contributed by atoms with E-state index in [4.69, 9.17) is 17.3 Å². The molecule has 2 heterocycles. The van der Waals surface area contributed by atoms with E-state index in [0.717, 1.165) is 18.7 Å². The van der Waals surface area contributed by atoms with Crippen LogP contribution in [0.15, 0.2) is 42.7 Å². The number of benzene rings is 1. The number of hydrogen-bond donors (Lipinski definition) is 1. The highest BCUT2D eigenvalue weighted by Crippen LogP contribution is 2.22. The summed E-state index contributed by atoms with van der Waals surface area (Å²) in [4.78, 5) is 32.2. The van der Waals surface area contributed by atoms with Crippen molar-refractivity contribution in [2.75, 3.05) is 31.1 Å². The predicted octanol–water partition coefficient (Wildman–Crippen LogP) is 2.19. The van der Waals surface area contributed by atoms with Crippen LogP contribution in [-0.4, -0.2) is 47.9 Å². The number of carbonyl (C=O) groups is 2. The molecule has 6 nitrogen and oxygen atoms in total. The Bertz CT molecular complexity index is 796. The van der Waals surface area contributed by atoms with Crippen LogP contribution in [0.25, 0.3) is 0 Å². The van der Waals surface area contributed by atoms with Crippen molar-refractivity contribution in [3.63, 3.8) is 0 Å². The second kappa shape index (κ2) is 7.53. The predicted molar refractivity (Wildman–Crippen MR) is 96.9 cm³/mol. The van der Waals surface area contributed by atoms with E-state index in [9.17, 15) is 9.59 Å². The normalized spacial score (nSPS) is 14.9. The summed E-state index contributed by atoms with van der Waals surface area (Å²) in [6.45, 7) is 2.53. The Kier molecular flexibility index (Phi) is 5.19. The quantitative estimate of drug-likeness (QED) is 0.912. The Labute approximate surface area is 151 Å². The van der Waals surface area contributed by atoms with Gasteiger partial charge in [-0.2, -0.15) is 0 Å². The van der Waals surface area contributed by atoms with Gasteiger partial charge in [0.2, 0.25) is 0 Å². The number of pyridine rings is 1. The molecule has 0 atom stereocenters. The average molecular weight is 359 g/mol. The van der Waals surface area contributed by atoms with Gasteiger partial charge in [0.1, 0.15) is 0 Å². The van der Waals surface area contributed by atoms with Gasteiger partial charge in [-0.1, -0.05) is 23.7 Å². The minimum absolute atomic E-state index is 0.0719. The number of anilines is 1. The van der Waals surface area contributed by atoms with Crippen molar-refractivity contribution in [2.45, 2.75) is 6.42 Å². The lowest BCUT2D eigenvalue weighted by Gasteiger charge is -2.25. The van der Waals surface area contributed by atoms with Crippen molar-refractivity contribution in [1.29, 1.82) is 0 Å². The number of amides is 2. The molecule has 0 unspecified atom stereocenters. The number of rotatable bonds is 3. The van der Waals surface area contributed by atoms with E-state index in [1.54, 1.807) is 41.4 Å². The van der Waals surface area contributed by atoms with Gasteiger partial charge in [0.05, 0.1) is 21.8 Å². The van der Waals surface area contributed by atoms with Gasteiger partial charge in [-0.25, -0.2) is 0 Å². The largest absolute Gasteiger partial charge is 0.369 e. The van der Waals surface area contributed by atoms with Crippen molar-refractivity contribution in [3.8, 4) is 0 Å². The van der Waals surface area contributed by atoms with Gasteiger partial charge in [-0.3, -0.25) is 14.6 Å². The topological polar surface area (TPSA) is 79.5 Å². The van der Waals surface area contributed by atoms with Crippen molar-refractivity contribution < 1.29 is 9.59 Å². The SMILES string of the molecule is NC(=O)c1cnccc1N1CCCN(C(=O)c2ccccc2Cl)CC1. The number of nitrogens with two attached hydrogens (primary N) is 1. The maximum atomic E-state index is 12.7. The van der Waals surface area contributed by atoms with Crippen molar-refractivity contribution in [2.24, 2.45) is 5.73 Å². The third-order valence-electron chi connectivity index (χ3n) is 4.29. The first-order valence-electron chi connectivity index (χ1n) is 8.10. The number of halogens is 1.